The van der Waals surface area contributed by atoms with E-state index in [-0.39, 0.29) is 5.82 Å². The molecule has 16 heavy (non-hydrogen) atoms. The second kappa shape index (κ2) is 5.75. The van der Waals surface area contributed by atoms with Crippen molar-refractivity contribution in [3.8, 4) is 0 Å². The Hall–Kier alpha value is -0.450. The molecule has 1 rings (SSSR count). The first-order valence-electron chi connectivity index (χ1n) is 5.16. The fourth-order valence-corrected chi connectivity index (χ4v) is 2.11. The predicted molar refractivity (Wildman–Crippen MR) is 65.3 cm³/mol. The first-order valence-corrected chi connectivity index (χ1v) is 6.28. The van der Waals surface area contributed by atoms with Crippen molar-refractivity contribution in [2.45, 2.75) is 32.5 Å². The number of hydrogen-bond acceptors (Lipinski definition) is 2. The minimum Gasteiger partial charge on any atom is -0.390 e. The van der Waals surface area contributed by atoms with E-state index < -0.39 is 12.2 Å². The lowest BCUT2D eigenvalue weighted by molar-refractivity contribution is 0.0172. The van der Waals surface area contributed by atoms with Gasteiger partial charge in [-0.15, -0.1) is 0 Å². The summed E-state index contributed by atoms with van der Waals surface area (Å²) in [5, 5.41) is 20.1. The Morgan fingerprint density at radius 2 is 1.75 bits per heavy atom. The van der Waals surface area contributed by atoms with Crippen LogP contribution < -0.4 is 0 Å². The van der Waals surface area contributed by atoms with Crippen molar-refractivity contribution in [1.29, 1.82) is 0 Å². The molecule has 2 atom stereocenters. The number of aliphatic hydroxyl groups excluding tert-OH is 2. The Balaban J connectivity index is 2.96. The Morgan fingerprint density at radius 1 is 1.25 bits per heavy atom. The van der Waals surface area contributed by atoms with Crippen LogP contribution in [0.15, 0.2) is 12.1 Å². The molecule has 0 radical (unpaired) electrons. The molecule has 2 unspecified atom stereocenters. The molecule has 0 saturated carbocycles. The zero-order valence-corrected chi connectivity index (χ0v) is 11.0. The summed E-state index contributed by atoms with van der Waals surface area (Å²) in [5.74, 6) is -0.258. The van der Waals surface area contributed by atoms with Crippen LogP contribution in [0.3, 0.4) is 0 Å². The normalized spacial score (nSPS) is 14.9. The zero-order valence-electron chi connectivity index (χ0n) is 9.37. The fraction of sp³-hybridized carbons (Fsp3) is 0.500. The van der Waals surface area contributed by atoms with Crippen LogP contribution in [0.4, 0.5) is 4.39 Å². The molecule has 0 fully saturated rings. The maximum atomic E-state index is 13.4. The van der Waals surface area contributed by atoms with E-state index in [1.54, 1.807) is 26.0 Å². The molecule has 0 aliphatic heterocycles. The molecule has 0 heterocycles. The summed E-state index contributed by atoms with van der Waals surface area (Å²) in [6.07, 6.45) is -1.34. The molecule has 4 heteroatoms. The van der Waals surface area contributed by atoms with Crippen molar-refractivity contribution in [3.63, 3.8) is 0 Å². The Kier molecular flexibility index (Phi) is 4.89. The maximum Gasteiger partial charge on any atom is 0.129 e. The van der Waals surface area contributed by atoms with Crippen LogP contribution in [-0.4, -0.2) is 21.6 Å². The largest absolute Gasteiger partial charge is 0.390 e. The van der Waals surface area contributed by atoms with E-state index in [1.165, 1.54) is 0 Å². The van der Waals surface area contributed by atoms with Crippen LogP contribution in [0.1, 0.15) is 29.2 Å². The van der Waals surface area contributed by atoms with Crippen molar-refractivity contribution in [1.82, 2.24) is 0 Å². The van der Waals surface area contributed by atoms with E-state index in [0.29, 0.717) is 28.4 Å². The highest BCUT2D eigenvalue weighted by Crippen LogP contribution is 2.23. The van der Waals surface area contributed by atoms with E-state index >= 15 is 0 Å². The third kappa shape index (κ3) is 3.03. The summed E-state index contributed by atoms with van der Waals surface area (Å²) in [5.41, 5.74) is 1.53. The molecule has 90 valence electrons. The standard InChI is InChI=1S/C12H16BrFO2/c1-7-5-9(6-8(2)11(7)14)12(16)10(15)3-4-13/h5-6,10,12,15-16H,3-4H2,1-2H3. The van der Waals surface area contributed by atoms with Crippen molar-refractivity contribution in [2.75, 3.05) is 5.33 Å². The second-order valence-corrected chi connectivity index (χ2v) is 4.75. The number of hydrogen-bond donors (Lipinski definition) is 2. The molecule has 0 spiro atoms. The van der Waals surface area contributed by atoms with Gasteiger partial charge in [0, 0.05) is 5.33 Å². The lowest BCUT2D eigenvalue weighted by Crippen LogP contribution is -2.19. The SMILES string of the molecule is Cc1cc(C(O)C(O)CCBr)cc(C)c1F. The van der Waals surface area contributed by atoms with E-state index in [1.807, 2.05) is 0 Å². The van der Waals surface area contributed by atoms with Gasteiger partial charge < -0.3 is 10.2 Å². The minimum absolute atomic E-state index is 0.258. The molecule has 2 N–H and O–H groups in total. The van der Waals surface area contributed by atoms with E-state index in [0.717, 1.165) is 0 Å². The Labute approximate surface area is 103 Å². The molecule has 2 nitrogen and oxygen atoms in total. The van der Waals surface area contributed by atoms with Crippen molar-refractivity contribution < 1.29 is 14.6 Å². The first-order chi connectivity index (χ1) is 7.47. The summed E-state index contributed by atoms with van der Waals surface area (Å²) in [6, 6.07) is 3.15. The van der Waals surface area contributed by atoms with Crippen molar-refractivity contribution >= 4 is 15.9 Å². The number of aryl methyl sites for hydroxylation is 2. The van der Waals surface area contributed by atoms with Crippen LogP contribution in [0.2, 0.25) is 0 Å². The summed E-state index contributed by atoms with van der Waals surface area (Å²) in [7, 11) is 0. The molecular weight excluding hydrogens is 275 g/mol. The van der Waals surface area contributed by atoms with Gasteiger partial charge in [0.2, 0.25) is 0 Å². The van der Waals surface area contributed by atoms with Gasteiger partial charge in [-0.1, -0.05) is 28.1 Å². The third-order valence-corrected chi connectivity index (χ3v) is 3.03. The molecule has 1 aromatic carbocycles. The summed E-state index contributed by atoms with van der Waals surface area (Å²) < 4.78 is 13.4. The average Bonchev–Trinajstić information content (AvgIpc) is 2.24. The van der Waals surface area contributed by atoms with Gasteiger partial charge in [0.1, 0.15) is 11.9 Å². The van der Waals surface area contributed by atoms with Gasteiger partial charge in [-0.3, -0.25) is 0 Å². The van der Waals surface area contributed by atoms with Crippen LogP contribution in [0.25, 0.3) is 0 Å². The van der Waals surface area contributed by atoms with Crippen LogP contribution in [-0.2, 0) is 0 Å². The van der Waals surface area contributed by atoms with Gasteiger partial charge in [-0.2, -0.15) is 0 Å². The van der Waals surface area contributed by atoms with E-state index in [2.05, 4.69) is 15.9 Å². The van der Waals surface area contributed by atoms with Gasteiger partial charge in [-0.05, 0) is 37.0 Å². The van der Waals surface area contributed by atoms with Crippen molar-refractivity contribution in [3.05, 3.63) is 34.6 Å². The van der Waals surface area contributed by atoms with Crippen LogP contribution >= 0.6 is 15.9 Å². The molecule has 0 bridgehead atoms. The molecule has 0 saturated heterocycles. The van der Waals surface area contributed by atoms with Gasteiger partial charge in [0.25, 0.3) is 0 Å². The predicted octanol–water partition coefficient (Wildman–Crippen LogP) is 2.62. The highest BCUT2D eigenvalue weighted by molar-refractivity contribution is 9.09. The van der Waals surface area contributed by atoms with Gasteiger partial charge in [0.05, 0.1) is 6.10 Å². The number of aliphatic hydroxyl groups is 2. The molecule has 1 aromatic rings. The summed E-state index contributed by atoms with van der Waals surface area (Å²) in [6.45, 7) is 3.30. The second-order valence-electron chi connectivity index (χ2n) is 3.96. The Bertz CT molecular complexity index is 345. The lowest BCUT2D eigenvalue weighted by Gasteiger charge is -2.18. The van der Waals surface area contributed by atoms with Gasteiger partial charge >= 0.3 is 0 Å². The van der Waals surface area contributed by atoms with Gasteiger partial charge in [-0.25, -0.2) is 4.39 Å². The van der Waals surface area contributed by atoms with Crippen LogP contribution in [0.5, 0.6) is 0 Å². The topological polar surface area (TPSA) is 40.5 Å². The molecule has 0 aromatic heterocycles. The maximum absolute atomic E-state index is 13.4. The van der Waals surface area contributed by atoms with Crippen molar-refractivity contribution in [2.24, 2.45) is 0 Å². The average molecular weight is 291 g/mol. The smallest absolute Gasteiger partial charge is 0.129 e. The van der Waals surface area contributed by atoms with E-state index in [9.17, 15) is 14.6 Å². The number of alkyl halides is 1. The number of rotatable bonds is 4. The fourth-order valence-electron chi connectivity index (χ4n) is 1.64. The minimum atomic E-state index is -0.962. The highest BCUT2D eigenvalue weighted by Gasteiger charge is 2.19. The summed E-state index contributed by atoms with van der Waals surface area (Å²) >= 11 is 3.20. The molecular formula is C12H16BrFO2. The highest BCUT2D eigenvalue weighted by atomic mass is 79.9. The molecule has 0 amide bonds. The quantitative estimate of drug-likeness (QED) is 0.837. The van der Waals surface area contributed by atoms with Gasteiger partial charge in [0.15, 0.2) is 0 Å². The monoisotopic (exact) mass is 290 g/mol. The number of halogens is 2. The van der Waals surface area contributed by atoms with Crippen LogP contribution in [0, 0.1) is 19.7 Å². The molecule has 0 aliphatic rings. The number of benzene rings is 1. The van der Waals surface area contributed by atoms with E-state index in [4.69, 9.17) is 0 Å². The Morgan fingerprint density at radius 3 is 2.19 bits per heavy atom. The first kappa shape index (κ1) is 13.6. The third-order valence-electron chi connectivity index (χ3n) is 2.57. The summed E-state index contributed by atoms with van der Waals surface area (Å²) in [4.78, 5) is 0. The lowest BCUT2D eigenvalue weighted by atomic mass is 9.98. The zero-order chi connectivity index (χ0) is 12.3. The molecule has 0 aliphatic carbocycles.